The normalized spacial score (nSPS) is 19.0. The smallest absolute Gasteiger partial charge is 0.390 e. The van der Waals surface area contributed by atoms with Crippen molar-refractivity contribution < 1.29 is 23.1 Å². The Balaban J connectivity index is 1.62. The van der Waals surface area contributed by atoms with Gasteiger partial charge in [0.05, 0.1) is 36.3 Å². The number of hydrogen-bond acceptors (Lipinski definition) is 4. The third-order valence-electron chi connectivity index (χ3n) is 6.01. The number of aromatic nitrogens is 2. The van der Waals surface area contributed by atoms with Crippen LogP contribution >= 0.6 is 0 Å². The summed E-state index contributed by atoms with van der Waals surface area (Å²) in [6.45, 7) is 0.644. The summed E-state index contributed by atoms with van der Waals surface area (Å²) in [5.74, 6) is 0. The van der Waals surface area contributed by atoms with Crippen molar-refractivity contribution in [2.24, 2.45) is 0 Å². The van der Waals surface area contributed by atoms with Crippen molar-refractivity contribution in [2.45, 2.75) is 57.0 Å². The first kappa shape index (κ1) is 20.6. The summed E-state index contributed by atoms with van der Waals surface area (Å²) in [4.78, 5) is 24.4. The van der Waals surface area contributed by atoms with Gasteiger partial charge in [-0.1, -0.05) is 25.3 Å². The lowest BCUT2D eigenvalue weighted by Gasteiger charge is -2.40. The molecule has 1 N–H and O–H groups in total. The average Bonchev–Trinajstić information content (AvgIpc) is 3.00. The van der Waals surface area contributed by atoms with Crippen LogP contribution in [-0.4, -0.2) is 38.1 Å². The lowest BCUT2D eigenvalue weighted by Crippen LogP contribution is -2.48. The molecule has 2 aliphatic rings. The fourth-order valence-corrected chi connectivity index (χ4v) is 4.41. The monoisotopic (exact) mass is 420 g/mol. The van der Waals surface area contributed by atoms with Crippen LogP contribution in [0.2, 0.25) is 0 Å². The van der Waals surface area contributed by atoms with Crippen LogP contribution in [0.1, 0.15) is 49.1 Å². The zero-order valence-corrected chi connectivity index (χ0v) is 16.4. The molecule has 2 fully saturated rings. The van der Waals surface area contributed by atoms with Gasteiger partial charge in [-0.2, -0.15) is 13.2 Å². The van der Waals surface area contributed by atoms with Crippen molar-refractivity contribution in [2.75, 3.05) is 11.4 Å². The summed E-state index contributed by atoms with van der Waals surface area (Å²) >= 11 is 0. The molecule has 3 heterocycles. The Labute approximate surface area is 172 Å². The Hall–Kier alpha value is -2.68. The molecular weight excluding hydrogens is 397 g/mol. The Morgan fingerprint density at radius 2 is 1.80 bits per heavy atom. The molecule has 1 saturated carbocycles. The zero-order chi connectivity index (χ0) is 21.4. The van der Waals surface area contributed by atoms with Gasteiger partial charge in [-0.3, -0.25) is 9.88 Å². The average molecular weight is 420 g/mol. The summed E-state index contributed by atoms with van der Waals surface area (Å²) in [5.41, 5.74) is 0.439. The molecule has 1 saturated heterocycles. The highest BCUT2D eigenvalue weighted by Gasteiger charge is 2.50. The van der Waals surface area contributed by atoms with Gasteiger partial charge in [-0.15, -0.1) is 0 Å². The molecular formula is C21H23F3N4O2. The molecule has 2 amide bonds. The molecule has 6 nitrogen and oxygen atoms in total. The number of urea groups is 1. The van der Waals surface area contributed by atoms with Crippen molar-refractivity contribution in [1.82, 2.24) is 14.9 Å². The minimum Gasteiger partial charge on any atom is -0.390 e. The van der Waals surface area contributed by atoms with E-state index in [2.05, 4.69) is 9.97 Å². The molecule has 0 radical (unpaired) electrons. The second-order valence-electron chi connectivity index (χ2n) is 7.96. The van der Waals surface area contributed by atoms with E-state index in [1.807, 2.05) is 11.0 Å². The van der Waals surface area contributed by atoms with Crippen LogP contribution < -0.4 is 4.90 Å². The van der Waals surface area contributed by atoms with Crippen LogP contribution in [0.3, 0.4) is 0 Å². The largest absolute Gasteiger partial charge is 0.433 e. The highest BCUT2D eigenvalue weighted by atomic mass is 19.4. The quantitative estimate of drug-likeness (QED) is 0.808. The van der Waals surface area contributed by atoms with E-state index in [4.69, 9.17) is 0 Å². The minimum absolute atomic E-state index is 0.151. The maximum Gasteiger partial charge on any atom is 0.433 e. The number of hydrogen-bond donors (Lipinski definition) is 1. The summed E-state index contributed by atoms with van der Waals surface area (Å²) < 4.78 is 38.5. The molecule has 0 unspecified atom stereocenters. The van der Waals surface area contributed by atoms with Gasteiger partial charge >= 0.3 is 12.2 Å². The lowest BCUT2D eigenvalue weighted by molar-refractivity contribution is -0.141. The van der Waals surface area contributed by atoms with Gasteiger partial charge in [0.2, 0.25) is 0 Å². The SMILES string of the molecule is O=C1N(c2ccc(C(F)(F)F)nc2)CC2(CCCCC2)N1Cc1ccc(CO)nc1. The first-order chi connectivity index (χ1) is 14.3. The van der Waals surface area contributed by atoms with E-state index in [1.165, 1.54) is 11.0 Å². The van der Waals surface area contributed by atoms with Crippen LogP contribution in [0.25, 0.3) is 0 Å². The Bertz CT molecular complexity index is 894. The van der Waals surface area contributed by atoms with Crippen molar-refractivity contribution in [3.63, 3.8) is 0 Å². The molecule has 160 valence electrons. The number of carbonyl (C=O) groups is 1. The van der Waals surface area contributed by atoms with Crippen LogP contribution in [0.5, 0.6) is 0 Å². The van der Waals surface area contributed by atoms with Gasteiger partial charge in [0, 0.05) is 12.7 Å². The summed E-state index contributed by atoms with van der Waals surface area (Å²) in [6, 6.07) is 5.55. The number of anilines is 1. The maximum atomic E-state index is 13.3. The van der Waals surface area contributed by atoms with Crippen molar-refractivity contribution >= 4 is 11.7 Å². The number of carbonyl (C=O) groups excluding carboxylic acids is 1. The lowest BCUT2D eigenvalue weighted by atomic mass is 9.81. The highest BCUT2D eigenvalue weighted by Crippen LogP contribution is 2.42. The molecule has 0 bridgehead atoms. The molecule has 1 spiro atoms. The second-order valence-corrected chi connectivity index (χ2v) is 7.96. The summed E-state index contributed by atoms with van der Waals surface area (Å²) in [7, 11) is 0. The summed E-state index contributed by atoms with van der Waals surface area (Å²) in [5, 5.41) is 9.17. The zero-order valence-electron chi connectivity index (χ0n) is 16.4. The number of rotatable bonds is 4. The fraction of sp³-hybridized carbons (Fsp3) is 0.476. The molecule has 30 heavy (non-hydrogen) atoms. The Morgan fingerprint density at radius 1 is 1.03 bits per heavy atom. The van der Waals surface area contributed by atoms with Gasteiger partial charge in [-0.05, 0) is 36.6 Å². The first-order valence-electron chi connectivity index (χ1n) is 9.99. The Morgan fingerprint density at radius 3 is 2.37 bits per heavy atom. The van der Waals surface area contributed by atoms with E-state index in [9.17, 15) is 23.1 Å². The molecule has 0 atom stereocenters. The number of alkyl halides is 3. The molecule has 2 aromatic rings. The van der Waals surface area contributed by atoms with Crippen molar-refractivity contribution in [1.29, 1.82) is 0 Å². The van der Waals surface area contributed by atoms with Gasteiger partial charge in [0.1, 0.15) is 5.69 Å². The predicted octanol–water partition coefficient (Wildman–Crippen LogP) is 4.13. The topological polar surface area (TPSA) is 69.6 Å². The van der Waals surface area contributed by atoms with Gasteiger partial charge in [0.15, 0.2) is 0 Å². The molecule has 9 heteroatoms. The third kappa shape index (κ3) is 3.86. The van der Waals surface area contributed by atoms with E-state index in [1.54, 1.807) is 12.3 Å². The number of amides is 2. The number of nitrogens with zero attached hydrogens (tertiary/aromatic N) is 4. The van der Waals surface area contributed by atoms with E-state index >= 15 is 0 Å². The highest BCUT2D eigenvalue weighted by molar-refractivity contribution is 5.95. The predicted molar refractivity (Wildman–Crippen MR) is 103 cm³/mol. The van der Waals surface area contributed by atoms with E-state index in [0.717, 1.165) is 49.9 Å². The Kier molecular flexibility index (Phi) is 5.40. The number of aliphatic hydroxyl groups excluding tert-OH is 1. The van der Waals surface area contributed by atoms with Crippen molar-refractivity contribution in [3.05, 3.63) is 53.6 Å². The number of pyridine rings is 2. The van der Waals surface area contributed by atoms with E-state index < -0.39 is 11.9 Å². The van der Waals surface area contributed by atoms with Crippen molar-refractivity contribution in [3.8, 4) is 0 Å². The van der Waals surface area contributed by atoms with Gasteiger partial charge < -0.3 is 10.0 Å². The summed E-state index contributed by atoms with van der Waals surface area (Å²) in [6.07, 6.45) is 3.08. The fourth-order valence-electron chi connectivity index (χ4n) is 4.41. The van der Waals surface area contributed by atoms with Crippen LogP contribution in [0.15, 0.2) is 36.7 Å². The third-order valence-corrected chi connectivity index (χ3v) is 6.01. The van der Waals surface area contributed by atoms with Crippen LogP contribution in [0, 0.1) is 0 Å². The first-order valence-corrected chi connectivity index (χ1v) is 9.99. The van der Waals surface area contributed by atoms with Crippen LogP contribution in [-0.2, 0) is 19.3 Å². The van der Waals surface area contributed by atoms with Gasteiger partial charge in [0.25, 0.3) is 0 Å². The standard InChI is InChI=1S/C21H23F3N4O2/c22-21(23,24)18-7-6-17(11-26-18)27-14-20(8-2-1-3-9-20)28(19(27)30)12-15-4-5-16(13-29)25-10-15/h4-7,10-11,29H,1-3,8-9,12-14H2. The molecule has 2 aromatic heterocycles. The van der Waals surface area contributed by atoms with E-state index in [0.29, 0.717) is 24.5 Å². The molecule has 1 aliphatic carbocycles. The molecule has 4 rings (SSSR count). The molecule has 0 aromatic carbocycles. The van der Waals surface area contributed by atoms with Crippen LogP contribution in [0.4, 0.5) is 23.7 Å². The maximum absolute atomic E-state index is 13.3. The molecule has 1 aliphatic heterocycles. The van der Waals surface area contributed by atoms with Gasteiger partial charge in [-0.25, -0.2) is 9.78 Å². The number of aliphatic hydroxyl groups is 1. The number of halogens is 3. The minimum atomic E-state index is -4.52. The van der Waals surface area contributed by atoms with E-state index in [-0.39, 0.29) is 18.2 Å². The second kappa shape index (κ2) is 7.86.